The van der Waals surface area contributed by atoms with E-state index in [-0.39, 0.29) is 11.7 Å². The Hall–Kier alpha value is -2.04. The van der Waals surface area contributed by atoms with Crippen LogP contribution in [0.25, 0.3) is 0 Å². The minimum atomic E-state index is 0.0776. The summed E-state index contributed by atoms with van der Waals surface area (Å²) in [5.74, 6) is 0.329. The van der Waals surface area contributed by atoms with Crippen molar-refractivity contribution in [3.8, 4) is 0 Å². The second kappa shape index (κ2) is 7.06. The van der Waals surface area contributed by atoms with Crippen molar-refractivity contribution in [2.24, 2.45) is 5.92 Å². The molecule has 2 aromatic rings. The molecule has 1 aromatic heterocycles. The molecule has 0 spiro atoms. The molecule has 3 heterocycles. The highest BCUT2D eigenvalue weighted by atomic mass is 16.5. The van der Waals surface area contributed by atoms with Gasteiger partial charge in [-0.3, -0.25) is 14.7 Å². The molecule has 130 valence electrons. The van der Waals surface area contributed by atoms with Crippen molar-refractivity contribution in [2.75, 3.05) is 13.2 Å². The van der Waals surface area contributed by atoms with E-state index in [0.717, 1.165) is 43.7 Å². The van der Waals surface area contributed by atoms with Crippen LogP contribution in [0.15, 0.2) is 48.8 Å². The maximum atomic E-state index is 13.0. The van der Waals surface area contributed by atoms with E-state index in [9.17, 15) is 4.79 Å². The predicted octanol–water partition coefficient (Wildman–Crippen LogP) is 3.25. The quantitative estimate of drug-likeness (QED) is 0.804. The number of hydrogen-bond donors (Lipinski definition) is 0. The fraction of sp³-hybridized carbons (Fsp3) is 0.429. The number of benzene rings is 1. The first-order valence-electron chi connectivity index (χ1n) is 9.04. The first-order valence-corrected chi connectivity index (χ1v) is 9.04. The Morgan fingerprint density at radius 1 is 1.16 bits per heavy atom. The zero-order valence-corrected chi connectivity index (χ0v) is 14.6. The van der Waals surface area contributed by atoms with Crippen LogP contribution in [-0.4, -0.2) is 41.0 Å². The number of ketones is 1. The molecular weight excluding hydrogens is 312 g/mol. The standard InChI is InChI=1S/C21H24N2O2/c1-15-7-8-22-11-20(15)21(24)17-9-18-13-25-14-19(10-17)23(18)12-16-5-3-2-4-6-16/h2-8,11,17-19H,9-10,12-14H2,1H3. The van der Waals surface area contributed by atoms with Crippen molar-refractivity contribution in [1.82, 2.24) is 9.88 Å². The second-order valence-corrected chi connectivity index (χ2v) is 7.23. The van der Waals surface area contributed by atoms with Gasteiger partial charge in [-0.1, -0.05) is 30.3 Å². The Labute approximate surface area is 148 Å². The maximum Gasteiger partial charge on any atom is 0.167 e. The fourth-order valence-electron chi connectivity index (χ4n) is 4.20. The smallest absolute Gasteiger partial charge is 0.167 e. The lowest BCUT2D eigenvalue weighted by molar-refractivity contribution is -0.0872. The third-order valence-electron chi connectivity index (χ3n) is 5.55. The number of rotatable bonds is 4. The van der Waals surface area contributed by atoms with Gasteiger partial charge in [0.2, 0.25) is 0 Å². The number of Topliss-reactive ketones (excluding diaryl/α,β-unsaturated/α-hetero) is 1. The Morgan fingerprint density at radius 2 is 1.88 bits per heavy atom. The van der Waals surface area contributed by atoms with Gasteiger partial charge in [0.25, 0.3) is 0 Å². The fourth-order valence-corrected chi connectivity index (χ4v) is 4.20. The number of pyridine rings is 1. The minimum absolute atomic E-state index is 0.0776. The molecule has 2 bridgehead atoms. The van der Waals surface area contributed by atoms with Crippen LogP contribution >= 0.6 is 0 Å². The lowest BCUT2D eigenvalue weighted by Gasteiger charge is -2.48. The molecular formula is C21H24N2O2. The molecule has 25 heavy (non-hydrogen) atoms. The number of nitrogens with zero attached hydrogens (tertiary/aromatic N) is 2. The molecule has 2 unspecified atom stereocenters. The zero-order valence-electron chi connectivity index (χ0n) is 14.6. The number of aryl methyl sites for hydroxylation is 1. The average Bonchev–Trinajstić information content (AvgIpc) is 2.62. The SMILES string of the molecule is Cc1ccncc1C(=O)C1CC2COCC(C1)N2Cc1ccccc1. The number of aromatic nitrogens is 1. The van der Waals surface area contributed by atoms with Crippen molar-refractivity contribution in [3.63, 3.8) is 0 Å². The van der Waals surface area contributed by atoms with Gasteiger partial charge < -0.3 is 4.74 Å². The summed E-state index contributed by atoms with van der Waals surface area (Å²) in [4.78, 5) is 19.7. The van der Waals surface area contributed by atoms with Crippen LogP contribution in [0.3, 0.4) is 0 Å². The molecule has 1 aromatic carbocycles. The van der Waals surface area contributed by atoms with E-state index in [4.69, 9.17) is 4.74 Å². The first-order chi connectivity index (χ1) is 12.2. The van der Waals surface area contributed by atoms with Gasteiger partial charge in [0.05, 0.1) is 13.2 Å². The topological polar surface area (TPSA) is 42.4 Å². The second-order valence-electron chi connectivity index (χ2n) is 7.23. The van der Waals surface area contributed by atoms with Crippen LogP contribution in [0.4, 0.5) is 0 Å². The summed E-state index contributed by atoms with van der Waals surface area (Å²) in [6, 6.07) is 13.1. The Morgan fingerprint density at radius 3 is 2.56 bits per heavy atom. The minimum Gasteiger partial charge on any atom is -0.378 e. The molecule has 0 amide bonds. The lowest BCUT2D eigenvalue weighted by atomic mass is 9.80. The molecule has 4 nitrogen and oxygen atoms in total. The van der Waals surface area contributed by atoms with Crippen molar-refractivity contribution >= 4 is 5.78 Å². The number of carbonyl (C=O) groups is 1. The van der Waals surface area contributed by atoms with Gasteiger partial charge >= 0.3 is 0 Å². The lowest BCUT2D eigenvalue weighted by Crippen LogP contribution is -2.57. The summed E-state index contributed by atoms with van der Waals surface area (Å²) in [5, 5.41) is 0. The molecule has 2 atom stereocenters. The van der Waals surface area contributed by atoms with Crippen LogP contribution in [-0.2, 0) is 11.3 Å². The van der Waals surface area contributed by atoms with E-state index >= 15 is 0 Å². The number of morpholine rings is 1. The van der Waals surface area contributed by atoms with Gasteiger partial charge in [-0.25, -0.2) is 0 Å². The highest BCUT2D eigenvalue weighted by molar-refractivity contribution is 5.99. The van der Waals surface area contributed by atoms with Crippen LogP contribution in [0.2, 0.25) is 0 Å². The van der Waals surface area contributed by atoms with Gasteiger partial charge in [0.1, 0.15) is 0 Å². The number of ether oxygens (including phenoxy) is 1. The molecule has 2 aliphatic rings. The predicted molar refractivity (Wildman–Crippen MR) is 96.4 cm³/mol. The van der Waals surface area contributed by atoms with Crippen molar-refractivity contribution < 1.29 is 9.53 Å². The largest absolute Gasteiger partial charge is 0.378 e. The van der Waals surface area contributed by atoms with E-state index in [1.807, 2.05) is 13.0 Å². The number of fused-ring (bicyclic) bond motifs is 2. The third-order valence-corrected chi connectivity index (χ3v) is 5.55. The van der Waals surface area contributed by atoms with Crippen molar-refractivity contribution in [1.29, 1.82) is 0 Å². The summed E-state index contributed by atoms with van der Waals surface area (Å²) >= 11 is 0. The summed E-state index contributed by atoms with van der Waals surface area (Å²) in [5.41, 5.74) is 3.13. The van der Waals surface area contributed by atoms with E-state index in [0.29, 0.717) is 12.1 Å². The molecule has 0 N–H and O–H groups in total. The normalized spacial score (nSPS) is 26.4. The van der Waals surface area contributed by atoms with E-state index in [1.165, 1.54) is 5.56 Å². The molecule has 0 saturated carbocycles. The van der Waals surface area contributed by atoms with Crippen LogP contribution in [0.1, 0.15) is 34.3 Å². The van der Waals surface area contributed by atoms with Gasteiger partial charge in [-0.15, -0.1) is 0 Å². The first kappa shape index (κ1) is 16.4. The van der Waals surface area contributed by atoms with Crippen molar-refractivity contribution in [2.45, 2.75) is 38.4 Å². The van der Waals surface area contributed by atoms with E-state index in [1.54, 1.807) is 12.4 Å². The van der Waals surface area contributed by atoms with Gasteiger partial charge in [0, 0.05) is 42.5 Å². The van der Waals surface area contributed by atoms with Crippen LogP contribution in [0.5, 0.6) is 0 Å². The third kappa shape index (κ3) is 3.37. The molecule has 4 heteroatoms. The van der Waals surface area contributed by atoms with Crippen molar-refractivity contribution in [3.05, 3.63) is 65.5 Å². The molecule has 4 rings (SSSR count). The van der Waals surface area contributed by atoms with E-state index < -0.39 is 0 Å². The molecule has 2 fully saturated rings. The molecule has 2 aliphatic heterocycles. The maximum absolute atomic E-state index is 13.0. The Bertz CT molecular complexity index is 733. The van der Waals surface area contributed by atoms with E-state index in [2.05, 4.69) is 40.2 Å². The highest BCUT2D eigenvalue weighted by Crippen LogP contribution is 2.34. The summed E-state index contributed by atoms with van der Waals surface area (Å²) in [6.45, 7) is 4.37. The number of piperidine rings is 1. The van der Waals surface area contributed by atoms with Gasteiger partial charge in [-0.05, 0) is 37.0 Å². The Balaban J connectivity index is 1.51. The zero-order chi connectivity index (χ0) is 17.2. The van der Waals surface area contributed by atoms with Gasteiger partial charge in [0.15, 0.2) is 5.78 Å². The number of carbonyl (C=O) groups excluding carboxylic acids is 1. The molecule has 2 saturated heterocycles. The summed E-state index contributed by atoms with van der Waals surface area (Å²) in [7, 11) is 0. The van der Waals surface area contributed by atoms with Crippen LogP contribution < -0.4 is 0 Å². The Kier molecular flexibility index (Phi) is 4.64. The number of hydrogen-bond acceptors (Lipinski definition) is 4. The summed E-state index contributed by atoms with van der Waals surface area (Å²) < 4.78 is 5.80. The van der Waals surface area contributed by atoms with Gasteiger partial charge in [-0.2, -0.15) is 0 Å². The highest BCUT2D eigenvalue weighted by Gasteiger charge is 2.41. The average molecular weight is 336 g/mol. The monoisotopic (exact) mass is 336 g/mol. The van der Waals surface area contributed by atoms with Crippen LogP contribution in [0, 0.1) is 12.8 Å². The molecule has 0 aliphatic carbocycles. The summed E-state index contributed by atoms with van der Waals surface area (Å²) in [6.07, 6.45) is 5.21. The molecule has 0 radical (unpaired) electrons.